The van der Waals surface area contributed by atoms with Gasteiger partial charge in [-0.3, -0.25) is 9.59 Å². The second-order valence-corrected chi connectivity index (χ2v) is 6.86. The molecular formula is C20H30N2O2. The summed E-state index contributed by atoms with van der Waals surface area (Å²) in [6.07, 6.45) is 3.85. The average Bonchev–Trinajstić information content (AvgIpc) is 2.56. The molecule has 1 aliphatic heterocycles. The van der Waals surface area contributed by atoms with Gasteiger partial charge in [0, 0.05) is 6.42 Å². The summed E-state index contributed by atoms with van der Waals surface area (Å²) in [6, 6.07) is 8.20. The van der Waals surface area contributed by atoms with Gasteiger partial charge in [0.15, 0.2) is 0 Å². The van der Waals surface area contributed by atoms with E-state index < -0.39 is 0 Å². The Morgan fingerprint density at radius 2 is 1.92 bits per heavy atom. The summed E-state index contributed by atoms with van der Waals surface area (Å²) in [5.74, 6) is 0.113. The Balaban J connectivity index is 2.04. The highest BCUT2D eigenvalue weighted by Crippen LogP contribution is 2.39. The molecule has 24 heavy (non-hydrogen) atoms. The molecule has 132 valence electrons. The predicted octanol–water partition coefficient (Wildman–Crippen LogP) is 3.65. The number of carbonyl (C=O) groups is 2. The fraction of sp³-hybridized carbons (Fsp3) is 0.600. The van der Waals surface area contributed by atoms with Crippen molar-refractivity contribution in [2.45, 2.75) is 71.9 Å². The van der Waals surface area contributed by atoms with E-state index in [1.807, 2.05) is 26.0 Å². The molecular weight excluding hydrogens is 300 g/mol. The van der Waals surface area contributed by atoms with Crippen LogP contribution in [0.1, 0.15) is 70.0 Å². The number of hydrogen-bond donors (Lipinski definition) is 2. The molecule has 1 fully saturated rings. The van der Waals surface area contributed by atoms with Crippen molar-refractivity contribution >= 4 is 11.8 Å². The molecule has 2 unspecified atom stereocenters. The van der Waals surface area contributed by atoms with Gasteiger partial charge in [0.2, 0.25) is 11.8 Å². The maximum atomic E-state index is 12.6. The van der Waals surface area contributed by atoms with Gasteiger partial charge in [0.05, 0.1) is 17.5 Å². The van der Waals surface area contributed by atoms with Gasteiger partial charge in [0.1, 0.15) is 0 Å². The Morgan fingerprint density at radius 1 is 1.25 bits per heavy atom. The van der Waals surface area contributed by atoms with Gasteiger partial charge in [-0.1, -0.05) is 51.5 Å². The van der Waals surface area contributed by atoms with Crippen LogP contribution in [0.25, 0.3) is 0 Å². The van der Waals surface area contributed by atoms with Gasteiger partial charge < -0.3 is 10.6 Å². The summed E-state index contributed by atoms with van der Waals surface area (Å²) in [7, 11) is 0. The lowest BCUT2D eigenvalue weighted by Crippen LogP contribution is -2.67. The standard InChI is InChI=1S/C20H30N2O2/c1-5-10-16(15-12-9-8-11-14(15)4)21-18(23)13-17-20(6-2,7-3)19(24)22-17/h8-9,11-12,16-17H,5-7,10,13H2,1-4H3,(H,21,23)(H,22,24). The van der Waals surface area contributed by atoms with Crippen LogP contribution in [0.5, 0.6) is 0 Å². The molecule has 1 aliphatic rings. The van der Waals surface area contributed by atoms with Crippen LogP contribution >= 0.6 is 0 Å². The third kappa shape index (κ3) is 3.47. The predicted molar refractivity (Wildman–Crippen MR) is 96.5 cm³/mol. The van der Waals surface area contributed by atoms with Crippen molar-refractivity contribution in [2.24, 2.45) is 5.41 Å². The van der Waals surface area contributed by atoms with Crippen LogP contribution in [0, 0.1) is 12.3 Å². The van der Waals surface area contributed by atoms with Crippen molar-refractivity contribution in [3.05, 3.63) is 35.4 Å². The van der Waals surface area contributed by atoms with Gasteiger partial charge in [-0.05, 0) is 37.3 Å². The molecule has 0 saturated carbocycles. The molecule has 2 atom stereocenters. The summed E-state index contributed by atoms with van der Waals surface area (Å²) in [6.45, 7) is 8.26. The molecule has 0 spiro atoms. The van der Waals surface area contributed by atoms with Gasteiger partial charge >= 0.3 is 0 Å². The minimum atomic E-state index is -0.361. The third-order valence-electron chi connectivity index (χ3n) is 5.55. The highest BCUT2D eigenvalue weighted by molar-refractivity contribution is 5.92. The Labute approximate surface area is 145 Å². The van der Waals surface area contributed by atoms with Gasteiger partial charge in [-0.25, -0.2) is 0 Å². The van der Waals surface area contributed by atoms with E-state index in [1.165, 1.54) is 11.1 Å². The number of amides is 2. The molecule has 4 heteroatoms. The van der Waals surface area contributed by atoms with Crippen molar-refractivity contribution in [3.63, 3.8) is 0 Å². The molecule has 0 aliphatic carbocycles. The highest BCUT2D eigenvalue weighted by Gasteiger charge is 2.52. The lowest BCUT2D eigenvalue weighted by molar-refractivity contribution is -0.148. The Hall–Kier alpha value is -1.84. The largest absolute Gasteiger partial charge is 0.351 e. The van der Waals surface area contributed by atoms with E-state index in [0.29, 0.717) is 6.42 Å². The van der Waals surface area contributed by atoms with Crippen LogP contribution in [-0.2, 0) is 9.59 Å². The molecule has 1 heterocycles. The number of rotatable bonds is 8. The van der Waals surface area contributed by atoms with Gasteiger partial charge in [0.25, 0.3) is 0 Å². The summed E-state index contributed by atoms with van der Waals surface area (Å²) in [5.41, 5.74) is 2.02. The molecule has 2 amide bonds. The van der Waals surface area contributed by atoms with Crippen molar-refractivity contribution in [1.29, 1.82) is 0 Å². The first-order valence-corrected chi connectivity index (χ1v) is 9.14. The van der Waals surface area contributed by atoms with Crippen LogP contribution in [0.15, 0.2) is 24.3 Å². The average molecular weight is 330 g/mol. The van der Waals surface area contributed by atoms with Crippen LogP contribution in [0.3, 0.4) is 0 Å². The summed E-state index contributed by atoms with van der Waals surface area (Å²) < 4.78 is 0. The quantitative estimate of drug-likeness (QED) is 0.715. The van der Waals surface area contributed by atoms with E-state index >= 15 is 0 Å². The van der Waals surface area contributed by atoms with Gasteiger partial charge in [-0.15, -0.1) is 0 Å². The molecule has 2 N–H and O–H groups in total. The van der Waals surface area contributed by atoms with E-state index in [1.54, 1.807) is 0 Å². The van der Waals surface area contributed by atoms with Crippen molar-refractivity contribution in [1.82, 2.24) is 10.6 Å². The van der Waals surface area contributed by atoms with E-state index in [4.69, 9.17) is 0 Å². The fourth-order valence-corrected chi connectivity index (χ4v) is 3.84. The monoisotopic (exact) mass is 330 g/mol. The molecule has 1 saturated heterocycles. The molecule has 0 bridgehead atoms. The molecule has 4 nitrogen and oxygen atoms in total. The number of nitrogens with one attached hydrogen (secondary N) is 2. The minimum Gasteiger partial charge on any atom is -0.351 e. The molecule has 1 aromatic rings. The number of benzene rings is 1. The van der Waals surface area contributed by atoms with Crippen molar-refractivity contribution in [3.8, 4) is 0 Å². The van der Waals surface area contributed by atoms with Crippen LogP contribution < -0.4 is 10.6 Å². The van der Waals surface area contributed by atoms with E-state index in [2.05, 4.69) is 36.6 Å². The highest BCUT2D eigenvalue weighted by atomic mass is 16.2. The summed E-state index contributed by atoms with van der Waals surface area (Å²) in [5, 5.41) is 6.11. The number of β-lactam (4-membered cyclic amide) rings is 1. The summed E-state index contributed by atoms with van der Waals surface area (Å²) >= 11 is 0. The number of aryl methyl sites for hydroxylation is 1. The number of hydrogen-bond acceptors (Lipinski definition) is 2. The SMILES string of the molecule is CCCC(NC(=O)CC1NC(=O)C1(CC)CC)c1ccccc1C. The van der Waals surface area contributed by atoms with Crippen molar-refractivity contribution in [2.75, 3.05) is 0 Å². The lowest BCUT2D eigenvalue weighted by Gasteiger charge is -2.48. The topological polar surface area (TPSA) is 58.2 Å². The zero-order valence-electron chi connectivity index (χ0n) is 15.3. The second kappa shape index (κ2) is 7.82. The van der Waals surface area contributed by atoms with E-state index in [-0.39, 0.29) is 29.3 Å². The molecule has 0 radical (unpaired) electrons. The Bertz CT molecular complexity index is 593. The first-order chi connectivity index (χ1) is 11.5. The second-order valence-electron chi connectivity index (χ2n) is 6.86. The zero-order chi connectivity index (χ0) is 17.7. The fourth-order valence-electron chi connectivity index (χ4n) is 3.84. The molecule has 0 aromatic heterocycles. The Morgan fingerprint density at radius 3 is 2.46 bits per heavy atom. The first kappa shape index (κ1) is 18.5. The lowest BCUT2D eigenvalue weighted by atomic mass is 9.67. The first-order valence-electron chi connectivity index (χ1n) is 9.14. The zero-order valence-corrected chi connectivity index (χ0v) is 15.3. The smallest absolute Gasteiger partial charge is 0.228 e. The van der Waals surface area contributed by atoms with Gasteiger partial charge in [-0.2, -0.15) is 0 Å². The molecule has 1 aromatic carbocycles. The van der Waals surface area contributed by atoms with Crippen LogP contribution in [0.2, 0.25) is 0 Å². The maximum absolute atomic E-state index is 12.6. The number of carbonyl (C=O) groups excluding carboxylic acids is 2. The molecule has 2 rings (SSSR count). The minimum absolute atomic E-state index is 0.0213. The van der Waals surface area contributed by atoms with Crippen molar-refractivity contribution < 1.29 is 9.59 Å². The normalized spacial score (nSPS) is 20.0. The van der Waals surface area contributed by atoms with Crippen LogP contribution in [0.4, 0.5) is 0 Å². The summed E-state index contributed by atoms with van der Waals surface area (Å²) in [4.78, 5) is 24.5. The maximum Gasteiger partial charge on any atom is 0.228 e. The van der Waals surface area contributed by atoms with Crippen LogP contribution in [-0.4, -0.2) is 17.9 Å². The third-order valence-corrected chi connectivity index (χ3v) is 5.55. The van der Waals surface area contributed by atoms with E-state index in [9.17, 15) is 9.59 Å². The Kier molecular flexibility index (Phi) is 6.03. The van der Waals surface area contributed by atoms with E-state index in [0.717, 1.165) is 25.7 Å².